The first-order chi connectivity index (χ1) is 13.0. The maximum absolute atomic E-state index is 13.0. The number of pyridine rings is 1. The smallest absolute Gasteiger partial charge is 0.256 e. The van der Waals surface area contributed by atoms with Gasteiger partial charge in [0, 0.05) is 10.3 Å². The van der Waals surface area contributed by atoms with Gasteiger partial charge in [0.25, 0.3) is 5.91 Å². The van der Waals surface area contributed by atoms with E-state index >= 15 is 0 Å². The molecule has 0 radical (unpaired) electrons. The van der Waals surface area contributed by atoms with Crippen molar-refractivity contribution < 1.29 is 4.79 Å². The van der Waals surface area contributed by atoms with Gasteiger partial charge in [-0.1, -0.05) is 47.5 Å². The van der Waals surface area contributed by atoms with Crippen LogP contribution in [0.25, 0.3) is 21.5 Å². The number of para-hydroxylation sites is 1. The van der Waals surface area contributed by atoms with Gasteiger partial charge < -0.3 is 5.32 Å². The van der Waals surface area contributed by atoms with Gasteiger partial charge in [0.15, 0.2) is 0 Å². The van der Waals surface area contributed by atoms with E-state index in [9.17, 15) is 4.79 Å². The number of nitrogens with zero attached hydrogens (tertiary/aromatic N) is 1. The number of carbonyl (C=O) groups excluding carboxylic acids is 1. The van der Waals surface area contributed by atoms with Crippen molar-refractivity contribution in [2.75, 3.05) is 5.32 Å². The summed E-state index contributed by atoms with van der Waals surface area (Å²) in [6.07, 6.45) is 0. The van der Waals surface area contributed by atoms with Gasteiger partial charge in [-0.2, -0.15) is 0 Å². The number of nitrogens with one attached hydrogen (secondary N) is 1. The van der Waals surface area contributed by atoms with Crippen LogP contribution in [0.4, 0.5) is 5.69 Å². The largest absolute Gasteiger partial charge is 0.321 e. The molecule has 2 heterocycles. The van der Waals surface area contributed by atoms with Crippen LogP contribution in [0.2, 0.25) is 10.0 Å². The van der Waals surface area contributed by atoms with E-state index in [1.807, 2.05) is 49.4 Å². The Kier molecular flexibility index (Phi) is 4.87. The zero-order chi connectivity index (χ0) is 19.0. The molecule has 6 heteroatoms. The second-order valence-corrected chi connectivity index (χ2v) is 8.11. The van der Waals surface area contributed by atoms with Crippen molar-refractivity contribution in [1.82, 2.24) is 4.98 Å². The van der Waals surface area contributed by atoms with Crippen molar-refractivity contribution in [1.29, 1.82) is 0 Å². The molecular weight excluding hydrogens is 399 g/mol. The molecule has 0 aliphatic carbocycles. The average Bonchev–Trinajstić information content (AvgIpc) is 3.11. The highest BCUT2D eigenvalue weighted by Gasteiger charge is 2.16. The molecule has 0 saturated heterocycles. The molecular formula is C21H14Cl2N2OS. The molecule has 0 unspecified atom stereocenters. The summed E-state index contributed by atoms with van der Waals surface area (Å²) in [4.78, 5) is 20.0. The Morgan fingerprint density at radius 3 is 2.63 bits per heavy atom. The lowest BCUT2D eigenvalue weighted by atomic mass is 10.1. The summed E-state index contributed by atoms with van der Waals surface area (Å²) >= 11 is 13.9. The number of aromatic nitrogens is 1. The molecule has 4 aromatic rings. The lowest BCUT2D eigenvalue weighted by Gasteiger charge is -2.11. The summed E-state index contributed by atoms with van der Waals surface area (Å²) in [6, 6.07) is 18.6. The molecule has 134 valence electrons. The summed E-state index contributed by atoms with van der Waals surface area (Å²) in [6.45, 7) is 2.05. The lowest BCUT2D eigenvalue weighted by molar-refractivity contribution is 0.102. The van der Waals surface area contributed by atoms with Gasteiger partial charge >= 0.3 is 0 Å². The van der Waals surface area contributed by atoms with Crippen LogP contribution in [0.1, 0.15) is 15.2 Å². The molecule has 2 aromatic heterocycles. The predicted molar refractivity (Wildman–Crippen MR) is 114 cm³/mol. The molecule has 0 aliphatic heterocycles. The number of anilines is 1. The molecule has 0 aliphatic rings. The number of halogens is 2. The van der Waals surface area contributed by atoms with E-state index in [1.165, 1.54) is 4.88 Å². The molecule has 0 saturated carbocycles. The molecule has 27 heavy (non-hydrogen) atoms. The Morgan fingerprint density at radius 2 is 1.85 bits per heavy atom. The Labute approximate surface area is 170 Å². The Balaban J connectivity index is 1.82. The van der Waals surface area contributed by atoms with E-state index < -0.39 is 0 Å². The summed E-state index contributed by atoms with van der Waals surface area (Å²) in [5, 5.41) is 4.36. The summed E-state index contributed by atoms with van der Waals surface area (Å²) < 4.78 is 0. The molecule has 4 rings (SSSR count). The van der Waals surface area contributed by atoms with Crippen LogP contribution >= 0.6 is 34.5 Å². The van der Waals surface area contributed by atoms with Gasteiger partial charge in [0.1, 0.15) is 0 Å². The third-order valence-electron chi connectivity index (χ3n) is 4.15. The standard InChI is InChI=1S/C21H14Cl2N2OS/c1-12-9-10-19(27-12)18-11-14(13-5-2-3-7-16(13)24-18)21(26)25-17-8-4-6-15(22)20(17)23/h2-11H,1H3,(H,25,26). The maximum atomic E-state index is 13.0. The third-order valence-corrected chi connectivity index (χ3v) is 6.00. The number of thiophene rings is 1. The van der Waals surface area contributed by atoms with Crippen LogP contribution in [-0.2, 0) is 0 Å². The minimum Gasteiger partial charge on any atom is -0.321 e. The monoisotopic (exact) mass is 412 g/mol. The topological polar surface area (TPSA) is 42.0 Å². The average molecular weight is 413 g/mol. The second kappa shape index (κ2) is 7.31. The minimum atomic E-state index is -0.257. The van der Waals surface area contributed by atoms with Gasteiger partial charge in [-0.05, 0) is 43.3 Å². The van der Waals surface area contributed by atoms with Crippen LogP contribution in [0, 0.1) is 6.92 Å². The summed E-state index contributed by atoms with van der Waals surface area (Å²) in [7, 11) is 0. The number of hydrogen-bond donors (Lipinski definition) is 1. The van der Waals surface area contributed by atoms with Crippen LogP contribution in [-0.4, -0.2) is 10.9 Å². The normalized spacial score (nSPS) is 10.9. The van der Waals surface area contributed by atoms with Crippen molar-refractivity contribution in [2.45, 2.75) is 6.92 Å². The fourth-order valence-electron chi connectivity index (χ4n) is 2.85. The predicted octanol–water partition coefficient (Wildman–Crippen LogP) is 6.83. The van der Waals surface area contributed by atoms with E-state index in [-0.39, 0.29) is 5.91 Å². The van der Waals surface area contributed by atoms with E-state index in [0.717, 1.165) is 21.5 Å². The molecule has 0 atom stereocenters. The highest BCUT2D eigenvalue weighted by Crippen LogP contribution is 2.32. The zero-order valence-corrected chi connectivity index (χ0v) is 16.6. The lowest BCUT2D eigenvalue weighted by Crippen LogP contribution is -2.13. The molecule has 1 amide bonds. The molecule has 0 fully saturated rings. The SMILES string of the molecule is Cc1ccc(-c2cc(C(=O)Nc3cccc(Cl)c3Cl)c3ccccc3n2)s1. The van der Waals surface area contributed by atoms with Gasteiger partial charge in [-0.25, -0.2) is 4.98 Å². The maximum Gasteiger partial charge on any atom is 0.256 e. The molecule has 2 aromatic carbocycles. The van der Waals surface area contributed by atoms with Crippen LogP contribution in [0.15, 0.2) is 60.7 Å². The summed E-state index contributed by atoms with van der Waals surface area (Å²) in [5.41, 5.74) is 2.55. The number of amides is 1. The fraction of sp³-hybridized carbons (Fsp3) is 0.0476. The number of fused-ring (bicyclic) bond motifs is 1. The first-order valence-corrected chi connectivity index (χ1v) is 9.82. The molecule has 0 bridgehead atoms. The van der Waals surface area contributed by atoms with Crippen molar-refractivity contribution in [3.8, 4) is 10.6 Å². The first kappa shape index (κ1) is 18.0. The number of carbonyl (C=O) groups is 1. The number of benzene rings is 2. The van der Waals surface area contributed by atoms with Gasteiger partial charge in [-0.15, -0.1) is 11.3 Å². The van der Waals surface area contributed by atoms with Gasteiger partial charge in [-0.3, -0.25) is 4.79 Å². The van der Waals surface area contributed by atoms with Crippen molar-refractivity contribution >= 4 is 57.0 Å². The first-order valence-electron chi connectivity index (χ1n) is 8.25. The van der Waals surface area contributed by atoms with E-state index in [0.29, 0.717) is 21.3 Å². The van der Waals surface area contributed by atoms with Crippen LogP contribution in [0.5, 0.6) is 0 Å². The quantitative estimate of drug-likeness (QED) is 0.400. The summed E-state index contributed by atoms with van der Waals surface area (Å²) in [5.74, 6) is -0.257. The minimum absolute atomic E-state index is 0.257. The van der Waals surface area contributed by atoms with E-state index in [4.69, 9.17) is 28.2 Å². The van der Waals surface area contributed by atoms with E-state index in [2.05, 4.69) is 5.32 Å². The van der Waals surface area contributed by atoms with Gasteiger partial charge in [0.05, 0.1) is 37.4 Å². The second-order valence-electron chi connectivity index (χ2n) is 6.04. The van der Waals surface area contributed by atoms with Crippen molar-refractivity contribution in [3.63, 3.8) is 0 Å². The Bertz CT molecular complexity index is 1170. The number of rotatable bonds is 3. The Morgan fingerprint density at radius 1 is 1.04 bits per heavy atom. The van der Waals surface area contributed by atoms with Crippen LogP contribution < -0.4 is 5.32 Å². The molecule has 1 N–H and O–H groups in total. The highest BCUT2D eigenvalue weighted by molar-refractivity contribution is 7.15. The van der Waals surface area contributed by atoms with Crippen molar-refractivity contribution in [2.24, 2.45) is 0 Å². The Hall–Kier alpha value is -2.40. The highest BCUT2D eigenvalue weighted by atomic mass is 35.5. The van der Waals surface area contributed by atoms with Crippen molar-refractivity contribution in [3.05, 3.63) is 81.1 Å². The molecule has 3 nitrogen and oxygen atoms in total. The van der Waals surface area contributed by atoms with Gasteiger partial charge in [0.2, 0.25) is 0 Å². The van der Waals surface area contributed by atoms with Crippen LogP contribution in [0.3, 0.4) is 0 Å². The molecule has 0 spiro atoms. The third kappa shape index (κ3) is 3.56. The zero-order valence-electron chi connectivity index (χ0n) is 14.3. The van der Waals surface area contributed by atoms with E-state index in [1.54, 1.807) is 29.5 Å². The fourth-order valence-corrected chi connectivity index (χ4v) is 4.03. The number of hydrogen-bond acceptors (Lipinski definition) is 3. The number of aryl methyl sites for hydroxylation is 1.